The Morgan fingerprint density at radius 1 is 0.292 bits per heavy atom. The molecule has 0 bridgehead atoms. The Bertz CT molecular complexity index is 376. The SMILES string of the molecule is CCCCOCCO.CCCCOCCOCCO.CCOCCOCCO.CCOCCOCCO.COCCOCCOCCO. The second kappa shape index (κ2) is 68.4. The van der Waals surface area contributed by atoms with E-state index in [1.807, 2.05) is 13.8 Å². The van der Waals surface area contributed by atoms with Crippen LogP contribution in [0.15, 0.2) is 0 Å². The topological polar surface area (TPSA) is 193 Å². The highest BCUT2D eigenvalue weighted by molar-refractivity contribution is 4.34. The molecule has 15 heteroatoms. The van der Waals surface area contributed by atoms with Crippen LogP contribution in [0, 0.1) is 0 Å². The van der Waals surface area contributed by atoms with Gasteiger partial charge in [0.1, 0.15) is 0 Å². The van der Waals surface area contributed by atoms with Crippen LogP contribution in [0.1, 0.15) is 53.4 Å². The Balaban J connectivity index is -0.000000161. The molecule has 0 unspecified atom stereocenters. The summed E-state index contributed by atoms with van der Waals surface area (Å²) in [6.07, 6.45) is 4.53. The van der Waals surface area contributed by atoms with Crippen molar-refractivity contribution in [3.05, 3.63) is 0 Å². The smallest absolute Gasteiger partial charge is 0.0701 e. The minimum atomic E-state index is 0.0675. The van der Waals surface area contributed by atoms with E-state index in [-0.39, 0.29) is 33.0 Å². The molecule has 0 saturated carbocycles. The van der Waals surface area contributed by atoms with Crippen LogP contribution in [0.3, 0.4) is 0 Å². The Morgan fingerprint density at radius 2 is 0.521 bits per heavy atom. The highest BCUT2D eigenvalue weighted by Gasteiger charge is 1.89. The third-order valence-corrected chi connectivity index (χ3v) is 4.79. The third-order valence-electron chi connectivity index (χ3n) is 4.79. The van der Waals surface area contributed by atoms with Crippen LogP contribution in [0.4, 0.5) is 0 Å². The van der Waals surface area contributed by atoms with Gasteiger partial charge < -0.3 is 72.9 Å². The number of methoxy groups -OCH3 is 1. The van der Waals surface area contributed by atoms with Crippen molar-refractivity contribution < 1.29 is 72.9 Å². The summed E-state index contributed by atoms with van der Waals surface area (Å²) in [6.45, 7) is 19.7. The molecule has 0 aromatic carbocycles. The Hall–Kier alpha value is -0.600. The van der Waals surface area contributed by atoms with E-state index in [0.717, 1.165) is 52.1 Å². The minimum Gasteiger partial charge on any atom is -0.394 e. The van der Waals surface area contributed by atoms with Gasteiger partial charge in [-0.25, -0.2) is 0 Å². The molecule has 15 nitrogen and oxygen atoms in total. The first kappa shape index (κ1) is 56.8. The van der Waals surface area contributed by atoms with Crippen LogP contribution < -0.4 is 0 Å². The Labute approximate surface area is 292 Å². The zero-order valence-electron chi connectivity index (χ0n) is 31.1. The van der Waals surface area contributed by atoms with E-state index in [9.17, 15) is 0 Å². The summed E-state index contributed by atoms with van der Waals surface area (Å²) in [5, 5.41) is 41.4. The van der Waals surface area contributed by atoms with Gasteiger partial charge in [-0.3, -0.25) is 0 Å². The number of ether oxygens (including phenoxy) is 10. The van der Waals surface area contributed by atoms with Gasteiger partial charge in [0.15, 0.2) is 0 Å². The maximum absolute atomic E-state index is 8.34. The lowest BCUT2D eigenvalue weighted by atomic mass is 10.4. The van der Waals surface area contributed by atoms with Crippen LogP contribution in [0.2, 0.25) is 0 Å². The van der Waals surface area contributed by atoms with E-state index in [2.05, 4.69) is 13.8 Å². The average Bonchev–Trinajstić information content (AvgIpc) is 3.11. The summed E-state index contributed by atoms with van der Waals surface area (Å²) < 4.78 is 49.7. The van der Waals surface area contributed by atoms with Crippen LogP contribution >= 0.6 is 0 Å². The summed E-state index contributed by atoms with van der Waals surface area (Å²) in [4.78, 5) is 0. The molecule has 0 atom stereocenters. The van der Waals surface area contributed by atoms with Crippen LogP contribution in [0.25, 0.3) is 0 Å². The van der Waals surface area contributed by atoms with E-state index >= 15 is 0 Å². The van der Waals surface area contributed by atoms with Crippen molar-refractivity contribution in [2.45, 2.75) is 53.4 Å². The summed E-state index contributed by atoms with van der Waals surface area (Å²) in [5.41, 5.74) is 0. The number of hydrogen-bond donors (Lipinski definition) is 5. The normalized spacial score (nSPS) is 10.1. The van der Waals surface area contributed by atoms with Gasteiger partial charge in [-0.05, 0) is 26.7 Å². The maximum Gasteiger partial charge on any atom is 0.0701 e. The van der Waals surface area contributed by atoms with Gasteiger partial charge in [-0.15, -0.1) is 0 Å². The van der Waals surface area contributed by atoms with E-state index < -0.39 is 0 Å². The van der Waals surface area contributed by atoms with Gasteiger partial charge in [0.2, 0.25) is 0 Å². The first-order valence-electron chi connectivity index (χ1n) is 17.3. The molecule has 0 rings (SSSR count). The van der Waals surface area contributed by atoms with Crippen molar-refractivity contribution in [3.63, 3.8) is 0 Å². The molecule has 0 aliphatic rings. The van der Waals surface area contributed by atoms with E-state index in [4.69, 9.17) is 72.9 Å². The fraction of sp³-hybridized carbons (Fsp3) is 1.00. The van der Waals surface area contributed by atoms with Crippen LogP contribution in [-0.2, 0) is 47.4 Å². The van der Waals surface area contributed by atoms with Gasteiger partial charge in [-0.2, -0.15) is 0 Å². The molecule has 0 saturated heterocycles. The molecule has 0 aliphatic carbocycles. The van der Waals surface area contributed by atoms with Gasteiger partial charge in [0.05, 0.1) is 132 Å². The quantitative estimate of drug-likeness (QED) is 0.0612. The molecule has 5 N–H and O–H groups in total. The first-order valence-corrected chi connectivity index (χ1v) is 17.3. The van der Waals surface area contributed by atoms with Crippen LogP contribution in [-0.4, -0.2) is 191 Å². The molecule has 48 heavy (non-hydrogen) atoms. The molecular formula is C33H76O15. The monoisotopic (exact) mass is 713 g/mol. The predicted octanol–water partition coefficient (Wildman–Crippen LogP) is 1.33. The van der Waals surface area contributed by atoms with Gasteiger partial charge in [-0.1, -0.05) is 26.7 Å². The number of aliphatic hydroxyl groups excluding tert-OH is 5. The van der Waals surface area contributed by atoms with Gasteiger partial charge in [0.25, 0.3) is 0 Å². The summed E-state index contributed by atoms with van der Waals surface area (Å²) in [7, 11) is 1.63. The molecule has 0 amide bonds. The Morgan fingerprint density at radius 3 is 0.771 bits per heavy atom. The van der Waals surface area contributed by atoms with Crippen LogP contribution in [0.5, 0.6) is 0 Å². The van der Waals surface area contributed by atoms with Crippen molar-refractivity contribution in [1.29, 1.82) is 0 Å². The van der Waals surface area contributed by atoms with Crippen molar-refractivity contribution in [2.24, 2.45) is 0 Å². The zero-order chi connectivity index (χ0) is 36.9. The fourth-order valence-electron chi connectivity index (χ4n) is 2.43. The third kappa shape index (κ3) is 85.3. The molecular weight excluding hydrogens is 636 g/mol. The number of hydrogen-bond acceptors (Lipinski definition) is 15. The number of aliphatic hydroxyl groups is 5. The molecule has 0 radical (unpaired) electrons. The lowest BCUT2D eigenvalue weighted by Crippen LogP contribution is -2.09. The second-order valence-electron chi connectivity index (χ2n) is 9.00. The summed E-state index contributed by atoms with van der Waals surface area (Å²) >= 11 is 0. The zero-order valence-corrected chi connectivity index (χ0v) is 31.1. The van der Waals surface area contributed by atoms with Gasteiger partial charge in [0, 0.05) is 33.5 Å². The largest absolute Gasteiger partial charge is 0.394 e. The van der Waals surface area contributed by atoms with E-state index in [1.54, 1.807) is 7.11 Å². The molecule has 0 fully saturated rings. The molecule has 0 aliphatic heterocycles. The standard InChI is InChI=1S/C8H18O3.C7H16O4.2C6H14O3.C6H14O2/c1-2-3-5-10-7-8-11-6-4-9;1-9-4-5-11-7-6-10-3-2-8;2*1-2-8-5-6-9-4-3-7;1-2-3-5-8-6-4-7/h9H,2-8H2,1H3;8H,2-7H2,1H3;2*7H,2-6H2,1H3;7H,2-6H2,1H3. The Kier molecular flexibility index (Phi) is 80.9. The van der Waals surface area contributed by atoms with E-state index in [0.29, 0.717) is 99.1 Å². The number of rotatable bonds is 33. The lowest BCUT2D eigenvalue weighted by molar-refractivity contribution is 0.0159. The first-order chi connectivity index (χ1) is 23.6. The molecule has 0 heterocycles. The average molecular weight is 713 g/mol. The molecule has 298 valence electrons. The highest BCUT2D eigenvalue weighted by atomic mass is 16.5. The maximum atomic E-state index is 8.34. The summed E-state index contributed by atoms with van der Waals surface area (Å²) in [6, 6.07) is 0. The minimum absolute atomic E-state index is 0.0675. The molecule has 0 spiro atoms. The van der Waals surface area contributed by atoms with Gasteiger partial charge >= 0.3 is 0 Å². The van der Waals surface area contributed by atoms with Crippen molar-refractivity contribution in [1.82, 2.24) is 0 Å². The fourth-order valence-corrected chi connectivity index (χ4v) is 2.43. The number of unbranched alkanes of at least 4 members (excludes halogenated alkanes) is 2. The molecule has 0 aromatic rings. The summed E-state index contributed by atoms with van der Waals surface area (Å²) in [5.74, 6) is 0. The van der Waals surface area contributed by atoms with Crippen molar-refractivity contribution in [3.8, 4) is 0 Å². The van der Waals surface area contributed by atoms with Crippen molar-refractivity contribution >= 4 is 0 Å². The van der Waals surface area contributed by atoms with E-state index in [1.165, 1.54) is 0 Å². The van der Waals surface area contributed by atoms with Crippen molar-refractivity contribution in [2.75, 3.05) is 166 Å². The second-order valence-corrected chi connectivity index (χ2v) is 9.00. The predicted molar refractivity (Wildman–Crippen MR) is 186 cm³/mol. The highest BCUT2D eigenvalue weighted by Crippen LogP contribution is 1.88. The lowest BCUT2D eigenvalue weighted by Gasteiger charge is -2.03. The molecule has 0 aromatic heterocycles.